The van der Waals surface area contributed by atoms with Crippen molar-refractivity contribution in [1.82, 2.24) is 0 Å². The molecule has 0 atom stereocenters. The molecular weight excluding hydrogens is 474 g/mol. The molecule has 0 amide bonds. The first kappa shape index (κ1) is 36.4. The number of rotatable bonds is 27. The van der Waals surface area contributed by atoms with Crippen molar-refractivity contribution >= 4 is 11.9 Å². The zero-order valence-electron chi connectivity index (χ0n) is 25.7. The average Bonchev–Trinajstić information content (AvgIpc) is 2.88. The topological polar surface area (TPSA) is 52.6 Å². The van der Waals surface area contributed by atoms with Crippen LogP contribution in [0.2, 0.25) is 0 Å². The molecule has 0 aromatic carbocycles. The molecule has 0 aromatic heterocycles. The number of carbonyl (C=O) groups excluding carboxylic acids is 2. The Kier molecular flexibility index (Phi) is 25.8. The highest BCUT2D eigenvalue weighted by Gasteiger charge is 2.17. The quantitative estimate of drug-likeness (QED) is 0.0456. The smallest absolute Gasteiger partial charge is 0.305 e. The minimum Gasteiger partial charge on any atom is -0.460 e. The fourth-order valence-electron chi connectivity index (χ4n) is 4.15. The van der Waals surface area contributed by atoms with E-state index < -0.39 is 0 Å². The maximum Gasteiger partial charge on any atom is 0.305 e. The van der Waals surface area contributed by atoms with Gasteiger partial charge in [0, 0.05) is 12.8 Å². The number of nitrogens with zero attached hydrogens (tertiary/aromatic N) is 1. The summed E-state index contributed by atoms with van der Waals surface area (Å²) in [6.45, 7) is 6.71. The van der Waals surface area contributed by atoms with E-state index in [1.165, 1.54) is 83.5 Å². The molecule has 0 saturated heterocycles. The second-order valence-electron chi connectivity index (χ2n) is 11.3. The van der Waals surface area contributed by atoms with Crippen LogP contribution < -0.4 is 0 Å². The average molecular weight is 537 g/mol. The van der Waals surface area contributed by atoms with Gasteiger partial charge in [-0.2, -0.15) is 0 Å². The van der Waals surface area contributed by atoms with Crippen LogP contribution in [0.5, 0.6) is 0 Å². The van der Waals surface area contributed by atoms with E-state index in [0.29, 0.717) is 30.5 Å². The highest BCUT2D eigenvalue weighted by Crippen LogP contribution is 2.10. The number of ether oxygens (including phenoxy) is 2. The molecule has 0 bridgehead atoms. The van der Waals surface area contributed by atoms with E-state index in [2.05, 4.69) is 52.2 Å². The molecule has 0 aliphatic rings. The van der Waals surface area contributed by atoms with Crippen LogP contribution in [-0.4, -0.2) is 56.8 Å². The predicted octanol–water partition coefficient (Wildman–Crippen LogP) is 8.71. The molecule has 0 fully saturated rings. The summed E-state index contributed by atoms with van der Waals surface area (Å²) in [7, 11) is 4.16. The molecule has 0 heterocycles. The van der Waals surface area contributed by atoms with Crippen LogP contribution in [-0.2, 0) is 19.1 Å². The minimum atomic E-state index is -0.0950. The maximum absolute atomic E-state index is 12.0. The third kappa shape index (κ3) is 27.4. The van der Waals surface area contributed by atoms with Crippen molar-refractivity contribution in [1.29, 1.82) is 0 Å². The van der Waals surface area contributed by atoms with E-state index in [1.807, 2.05) is 0 Å². The van der Waals surface area contributed by atoms with E-state index in [9.17, 15) is 9.59 Å². The Balaban J connectivity index is 3.60. The number of hydrogen-bond acceptors (Lipinski definition) is 4. The van der Waals surface area contributed by atoms with Crippen LogP contribution >= 0.6 is 0 Å². The van der Waals surface area contributed by atoms with Gasteiger partial charge in [0.1, 0.15) is 26.3 Å². The Bertz CT molecular complexity index is 612. The lowest BCUT2D eigenvalue weighted by atomic mass is 10.1. The monoisotopic (exact) mass is 536 g/mol. The lowest BCUT2D eigenvalue weighted by Crippen LogP contribution is -2.45. The van der Waals surface area contributed by atoms with Crippen molar-refractivity contribution in [3.05, 3.63) is 24.3 Å². The molecule has 0 saturated carbocycles. The third-order valence-corrected chi connectivity index (χ3v) is 6.94. The van der Waals surface area contributed by atoms with Gasteiger partial charge in [-0.05, 0) is 51.4 Å². The van der Waals surface area contributed by atoms with Crippen LogP contribution in [0, 0.1) is 0 Å². The zero-order valence-corrected chi connectivity index (χ0v) is 25.7. The zero-order chi connectivity index (χ0) is 28.2. The summed E-state index contributed by atoms with van der Waals surface area (Å²) in [5.74, 6) is -0.189. The van der Waals surface area contributed by atoms with E-state index in [-0.39, 0.29) is 11.9 Å². The van der Waals surface area contributed by atoms with Gasteiger partial charge in [0.15, 0.2) is 0 Å². The summed E-state index contributed by atoms with van der Waals surface area (Å²) >= 11 is 0. The summed E-state index contributed by atoms with van der Waals surface area (Å²) in [6, 6.07) is 0. The van der Waals surface area contributed by atoms with Gasteiger partial charge < -0.3 is 14.0 Å². The number of hydrogen-bond donors (Lipinski definition) is 0. The second-order valence-corrected chi connectivity index (χ2v) is 11.3. The van der Waals surface area contributed by atoms with E-state index in [0.717, 1.165) is 38.8 Å². The van der Waals surface area contributed by atoms with Gasteiger partial charge in [-0.25, -0.2) is 0 Å². The SMILES string of the molecule is CCC/C=C/CCCCCCCC(=O)OCC[N+](C)(C)CCOC(=O)CCCCCCC/C=C/CCCC. The molecule has 0 N–H and O–H groups in total. The normalized spacial score (nSPS) is 12.0. The van der Waals surface area contributed by atoms with Crippen molar-refractivity contribution in [3.8, 4) is 0 Å². The summed E-state index contributed by atoms with van der Waals surface area (Å²) < 4.78 is 11.5. The Hall–Kier alpha value is -1.62. The van der Waals surface area contributed by atoms with Gasteiger partial charge in [0.25, 0.3) is 0 Å². The number of esters is 2. The first-order valence-corrected chi connectivity index (χ1v) is 15.8. The third-order valence-electron chi connectivity index (χ3n) is 6.94. The number of carbonyl (C=O) groups is 2. The van der Waals surface area contributed by atoms with Crippen LogP contribution in [0.4, 0.5) is 0 Å². The van der Waals surface area contributed by atoms with Gasteiger partial charge in [-0.15, -0.1) is 0 Å². The van der Waals surface area contributed by atoms with Crippen molar-refractivity contribution < 1.29 is 23.5 Å². The summed E-state index contributed by atoms with van der Waals surface area (Å²) in [6.07, 6.45) is 30.1. The van der Waals surface area contributed by atoms with Gasteiger partial charge in [-0.1, -0.05) is 95.9 Å². The van der Waals surface area contributed by atoms with Crippen molar-refractivity contribution in [2.24, 2.45) is 0 Å². The van der Waals surface area contributed by atoms with Gasteiger partial charge in [-0.3, -0.25) is 9.59 Å². The van der Waals surface area contributed by atoms with E-state index in [1.54, 1.807) is 0 Å². The van der Waals surface area contributed by atoms with Crippen LogP contribution in [0.15, 0.2) is 24.3 Å². The van der Waals surface area contributed by atoms with Crippen molar-refractivity contribution in [2.45, 2.75) is 136 Å². The molecular formula is C33H62NO4+. The maximum atomic E-state index is 12.0. The van der Waals surface area contributed by atoms with Crippen LogP contribution in [0.25, 0.3) is 0 Å². The van der Waals surface area contributed by atoms with Gasteiger partial charge >= 0.3 is 11.9 Å². The molecule has 0 unspecified atom stereocenters. The molecule has 0 radical (unpaired) electrons. The first-order chi connectivity index (χ1) is 18.4. The number of allylic oxidation sites excluding steroid dienone is 4. The summed E-state index contributed by atoms with van der Waals surface area (Å²) in [4.78, 5) is 24.0. The summed E-state index contributed by atoms with van der Waals surface area (Å²) in [5.41, 5.74) is 0. The Labute approximate surface area is 236 Å². The summed E-state index contributed by atoms with van der Waals surface area (Å²) in [5, 5.41) is 0. The highest BCUT2D eigenvalue weighted by molar-refractivity contribution is 5.69. The molecule has 5 nitrogen and oxygen atoms in total. The van der Waals surface area contributed by atoms with Crippen LogP contribution in [0.1, 0.15) is 136 Å². The van der Waals surface area contributed by atoms with Crippen molar-refractivity contribution in [3.63, 3.8) is 0 Å². The molecule has 5 heteroatoms. The van der Waals surface area contributed by atoms with Crippen LogP contribution in [0.3, 0.4) is 0 Å². The first-order valence-electron chi connectivity index (χ1n) is 15.8. The molecule has 222 valence electrons. The number of quaternary nitrogens is 1. The standard InChI is InChI=1S/C33H62NO4/c1-5-7-9-11-13-15-17-19-21-23-25-27-33(36)38-31-29-34(3,4)28-30-37-32(35)26-24-22-20-18-16-14-12-10-8-6-2/h10-13H,5-9,14-31H2,1-4H3/q+1/b12-10+,13-11+. The highest BCUT2D eigenvalue weighted by atomic mass is 16.5. The number of unbranched alkanes of at least 4 members (excludes halogenated alkanes) is 13. The fraction of sp³-hybridized carbons (Fsp3) is 0.818. The molecule has 0 aliphatic heterocycles. The number of likely N-dealkylation sites (N-methyl/N-ethyl adjacent to an activating group) is 1. The molecule has 0 aromatic rings. The minimum absolute atomic E-state index is 0.0942. The fourth-order valence-corrected chi connectivity index (χ4v) is 4.15. The lowest BCUT2D eigenvalue weighted by molar-refractivity contribution is -0.890. The predicted molar refractivity (Wildman–Crippen MR) is 161 cm³/mol. The molecule has 0 spiro atoms. The Morgan fingerprint density at radius 1 is 0.526 bits per heavy atom. The second kappa shape index (κ2) is 27.0. The van der Waals surface area contributed by atoms with Crippen molar-refractivity contribution in [2.75, 3.05) is 40.4 Å². The Morgan fingerprint density at radius 2 is 0.921 bits per heavy atom. The van der Waals surface area contributed by atoms with E-state index in [4.69, 9.17) is 9.47 Å². The van der Waals surface area contributed by atoms with Gasteiger partial charge in [0.2, 0.25) is 0 Å². The molecule has 0 rings (SSSR count). The van der Waals surface area contributed by atoms with E-state index >= 15 is 0 Å². The van der Waals surface area contributed by atoms with Gasteiger partial charge in [0.05, 0.1) is 14.1 Å². The molecule has 0 aliphatic carbocycles. The Morgan fingerprint density at radius 3 is 1.37 bits per heavy atom. The largest absolute Gasteiger partial charge is 0.460 e. The molecule has 38 heavy (non-hydrogen) atoms. The lowest BCUT2D eigenvalue weighted by Gasteiger charge is -2.29.